The van der Waals surface area contributed by atoms with E-state index >= 15 is 0 Å². The van der Waals surface area contributed by atoms with E-state index in [0.717, 1.165) is 12.8 Å². The van der Waals surface area contributed by atoms with Crippen LogP contribution in [0.25, 0.3) is 11.3 Å². The zero-order chi connectivity index (χ0) is 19.4. The SMILES string of the molecule is CC(C)(C)OC(=O)N1Cc2c(C#N)c(-c3cccc(F)c3)nn2C2(CC2)C1. The van der Waals surface area contributed by atoms with Gasteiger partial charge in [-0.3, -0.25) is 9.58 Å². The molecule has 0 bridgehead atoms. The van der Waals surface area contributed by atoms with Gasteiger partial charge in [-0.1, -0.05) is 12.1 Å². The van der Waals surface area contributed by atoms with Gasteiger partial charge in [0.05, 0.1) is 17.8 Å². The molecule has 1 fully saturated rings. The van der Waals surface area contributed by atoms with E-state index in [1.54, 1.807) is 17.0 Å². The van der Waals surface area contributed by atoms with Gasteiger partial charge in [-0.15, -0.1) is 0 Å². The Bertz CT molecular complexity index is 963. The lowest BCUT2D eigenvalue weighted by molar-refractivity contribution is 0.0142. The molecule has 2 aromatic rings. The highest BCUT2D eigenvalue weighted by Crippen LogP contribution is 2.48. The third kappa shape index (κ3) is 3.05. The molecule has 2 heterocycles. The van der Waals surface area contributed by atoms with Gasteiger partial charge in [-0.05, 0) is 45.7 Å². The number of aromatic nitrogens is 2. The first-order chi connectivity index (χ1) is 12.7. The number of rotatable bonds is 1. The van der Waals surface area contributed by atoms with Gasteiger partial charge in [0, 0.05) is 12.1 Å². The molecule has 1 aliphatic heterocycles. The maximum atomic E-state index is 13.7. The average molecular weight is 368 g/mol. The molecule has 1 aromatic heterocycles. The number of hydrogen-bond donors (Lipinski definition) is 0. The molecule has 7 heteroatoms. The van der Waals surface area contributed by atoms with Crippen LogP contribution >= 0.6 is 0 Å². The summed E-state index contributed by atoms with van der Waals surface area (Å²) in [5.41, 5.74) is 1.22. The first-order valence-electron chi connectivity index (χ1n) is 8.99. The number of hydrogen-bond acceptors (Lipinski definition) is 4. The minimum absolute atomic E-state index is 0.252. The number of halogens is 1. The Balaban J connectivity index is 1.76. The number of fused-ring (bicyclic) bond motifs is 2. The molecule has 6 nitrogen and oxygen atoms in total. The molecule has 1 aromatic carbocycles. The molecule has 2 aliphatic rings. The fourth-order valence-corrected chi connectivity index (χ4v) is 3.58. The van der Waals surface area contributed by atoms with Gasteiger partial charge in [0.15, 0.2) is 0 Å². The molecule has 1 amide bonds. The van der Waals surface area contributed by atoms with E-state index in [4.69, 9.17) is 4.74 Å². The summed E-state index contributed by atoms with van der Waals surface area (Å²) in [5, 5.41) is 14.4. The van der Waals surface area contributed by atoms with E-state index in [2.05, 4.69) is 11.2 Å². The normalized spacial score (nSPS) is 17.4. The van der Waals surface area contributed by atoms with Crippen molar-refractivity contribution in [3.63, 3.8) is 0 Å². The molecule has 0 N–H and O–H groups in total. The Kier molecular flexibility index (Phi) is 3.77. The summed E-state index contributed by atoms with van der Waals surface area (Å²) in [7, 11) is 0. The first-order valence-corrected chi connectivity index (χ1v) is 8.99. The summed E-state index contributed by atoms with van der Waals surface area (Å²) in [6, 6.07) is 8.29. The minimum Gasteiger partial charge on any atom is -0.444 e. The zero-order valence-electron chi connectivity index (χ0n) is 15.6. The van der Waals surface area contributed by atoms with Crippen molar-refractivity contribution in [1.29, 1.82) is 5.26 Å². The molecular formula is C20H21FN4O2. The lowest BCUT2D eigenvalue weighted by Gasteiger charge is -2.35. The predicted octanol–water partition coefficient (Wildman–Crippen LogP) is 3.80. The quantitative estimate of drug-likeness (QED) is 0.768. The summed E-state index contributed by atoms with van der Waals surface area (Å²) < 4.78 is 21.1. The van der Waals surface area contributed by atoms with Crippen molar-refractivity contribution in [2.45, 2.75) is 51.3 Å². The van der Waals surface area contributed by atoms with Crippen molar-refractivity contribution in [1.82, 2.24) is 14.7 Å². The molecule has 0 atom stereocenters. The molecule has 1 saturated carbocycles. The van der Waals surface area contributed by atoms with Crippen LogP contribution < -0.4 is 0 Å². The van der Waals surface area contributed by atoms with Crippen LogP contribution in [0.5, 0.6) is 0 Å². The van der Waals surface area contributed by atoms with E-state index in [1.807, 2.05) is 25.5 Å². The number of amides is 1. The van der Waals surface area contributed by atoms with Gasteiger partial charge in [-0.2, -0.15) is 10.4 Å². The van der Waals surface area contributed by atoms with Gasteiger partial charge in [-0.25, -0.2) is 9.18 Å². The zero-order valence-corrected chi connectivity index (χ0v) is 15.6. The Morgan fingerprint density at radius 1 is 1.37 bits per heavy atom. The number of benzene rings is 1. The Labute approximate surface area is 157 Å². The van der Waals surface area contributed by atoms with E-state index < -0.39 is 11.7 Å². The van der Waals surface area contributed by atoms with Crippen LogP contribution in [0.3, 0.4) is 0 Å². The number of carbonyl (C=O) groups excluding carboxylic acids is 1. The van der Waals surface area contributed by atoms with E-state index in [1.165, 1.54) is 12.1 Å². The van der Waals surface area contributed by atoms with Crippen molar-refractivity contribution in [2.75, 3.05) is 6.54 Å². The van der Waals surface area contributed by atoms with Crippen LogP contribution in [-0.4, -0.2) is 32.9 Å². The van der Waals surface area contributed by atoms with Crippen molar-refractivity contribution in [3.05, 3.63) is 41.3 Å². The van der Waals surface area contributed by atoms with Crippen LogP contribution in [0.15, 0.2) is 24.3 Å². The smallest absolute Gasteiger partial charge is 0.410 e. The Morgan fingerprint density at radius 3 is 2.70 bits per heavy atom. The highest BCUT2D eigenvalue weighted by atomic mass is 19.1. The van der Waals surface area contributed by atoms with Crippen molar-refractivity contribution < 1.29 is 13.9 Å². The second-order valence-electron chi connectivity index (χ2n) is 8.27. The molecule has 1 spiro atoms. The van der Waals surface area contributed by atoms with E-state index in [-0.39, 0.29) is 17.9 Å². The van der Waals surface area contributed by atoms with Crippen LogP contribution in [0.4, 0.5) is 9.18 Å². The third-order valence-corrected chi connectivity index (χ3v) is 4.94. The van der Waals surface area contributed by atoms with Gasteiger partial charge >= 0.3 is 6.09 Å². The lowest BCUT2D eigenvalue weighted by Crippen LogP contribution is -2.47. The van der Waals surface area contributed by atoms with Gasteiger partial charge < -0.3 is 4.74 Å². The second-order valence-corrected chi connectivity index (χ2v) is 8.27. The highest BCUT2D eigenvalue weighted by molar-refractivity contribution is 5.71. The third-order valence-electron chi connectivity index (χ3n) is 4.94. The fraction of sp³-hybridized carbons (Fsp3) is 0.450. The average Bonchev–Trinajstić information content (AvgIpc) is 3.23. The minimum atomic E-state index is -0.587. The first kappa shape index (κ1) is 17.5. The number of ether oxygens (including phenoxy) is 1. The summed E-state index contributed by atoms with van der Waals surface area (Å²) in [5.74, 6) is -0.376. The molecular weight excluding hydrogens is 347 g/mol. The fourth-order valence-electron chi connectivity index (χ4n) is 3.58. The van der Waals surface area contributed by atoms with Crippen LogP contribution in [0.1, 0.15) is 44.9 Å². The molecule has 0 saturated heterocycles. The van der Waals surface area contributed by atoms with Crippen LogP contribution in [0, 0.1) is 17.1 Å². The number of carbonyl (C=O) groups is 1. The highest BCUT2D eigenvalue weighted by Gasteiger charge is 2.52. The molecule has 4 rings (SSSR count). The van der Waals surface area contributed by atoms with Gasteiger partial charge in [0.1, 0.15) is 28.7 Å². The van der Waals surface area contributed by atoms with Crippen molar-refractivity contribution >= 4 is 6.09 Å². The largest absolute Gasteiger partial charge is 0.444 e. The van der Waals surface area contributed by atoms with E-state index in [0.29, 0.717) is 29.1 Å². The molecule has 27 heavy (non-hydrogen) atoms. The summed E-state index contributed by atoms with van der Waals surface area (Å²) in [4.78, 5) is 14.2. The standard InChI is InChI=1S/C20H21FN4O2/c1-19(2,3)27-18(26)24-11-16-15(10-22)17(13-5-4-6-14(21)9-13)23-25(16)20(12-24)7-8-20/h4-6,9H,7-8,11-12H2,1-3H3. The van der Waals surface area contributed by atoms with Crippen molar-refractivity contribution in [2.24, 2.45) is 0 Å². The van der Waals surface area contributed by atoms with Crippen LogP contribution in [-0.2, 0) is 16.8 Å². The molecule has 1 aliphatic carbocycles. The van der Waals surface area contributed by atoms with Crippen LogP contribution in [0.2, 0.25) is 0 Å². The predicted molar refractivity (Wildman–Crippen MR) is 96.2 cm³/mol. The summed E-state index contributed by atoms with van der Waals surface area (Å²) in [6.45, 7) is 6.24. The van der Waals surface area contributed by atoms with E-state index in [9.17, 15) is 14.4 Å². The maximum absolute atomic E-state index is 13.7. The number of nitrogens with zero attached hydrogens (tertiary/aromatic N) is 4. The maximum Gasteiger partial charge on any atom is 0.410 e. The summed E-state index contributed by atoms with van der Waals surface area (Å²) >= 11 is 0. The monoisotopic (exact) mass is 368 g/mol. The topological polar surface area (TPSA) is 71.2 Å². The molecule has 140 valence electrons. The van der Waals surface area contributed by atoms with Gasteiger partial charge in [0.2, 0.25) is 0 Å². The van der Waals surface area contributed by atoms with Crippen molar-refractivity contribution in [3.8, 4) is 17.3 Å². The Morgan fingerprint density at radius 2 is 2.11 bits per heavy atom. The molecule has 0 radical (unpaired) electrons. The lowest BCUT2D eigenvalue weighted by atomic mass is 10.0. The van der Waals surface area contributed by atoms with Gasteiger partial charge in [0.25, 0.3) is 0 Å². The number of nitriles is 1. The molecule has 0 unspecified atom stereocenters. The summed E-state index contributed by atoms with van der Waals surface area (Å²) in [6.07, 6.45) is 1.38. The Hall–Kier alpha value is -2.88. The second kappa shape index (κ2) is 5.81.